The van der Waals surface area contributed by atoms with E-state index in [1.807, 2.05) is 0 Å². The number of hydrogen-bond acceptors (Lipinski definition) is 3. The van der Waals surface area contributed by atoms with Crippen molar-refractivity contribution in [1.29, 1.82) is 0 Å². The average molecular weight is 296 g/mol. The van der Waals surface area contributed by atoms with Gasteiger partial charge in [-0.05, 0) is 18.3 Å². The van der Waals surface area contributed by atoms with Crippen LogP contribution in [-0.4, -0.2) is 52.5 Å². The van der Waals surface area contributed by atoms with E-state index in [0.29, 0.717) is 6.61 Å². The molecule has 2 aliphatic rings. The molecule has 2 rings (SSSR count). The molecule has 0 bridgehead atoms. The van der Waals surface area contributed by atoms with Gasteiger partial charge in [-0.1, -0.05) is 0 Å². The van der Waals surface area contributed by atoms with Gasteiger partial charge in [0.15, 0.2) is 0 Å². The van der Waals surface area contributed by atoms with Crippen molar-refractivity contribution >= 4 is 22.9 Å². The Kier molecular flexibility index (Phi) is 3.45. The second kappa shape index (κ2) is 4.42. The Labute approximate surface area is 93.6 Å². The molecule has 0 aromatic rings. The first-order chi connectivity index (χ1) is 6.29. The standard InChI is InChI=1S/C9H17IN2O/c10-12-6-8-4-11(2-1-3-13)5-9(8)7-12/h8-9,13H,1-7H2/t8-,9+. The topological polar surface area (TPSA) is 26.7 Å². The Morgan fingerprint density at radius 2 is 1.77 bits per heavy atom. The molecule has 0 aromatic carbocycles. The van der Waals surface area contributed by atoms with Gasteiger partial charge in [0.1, 0.15) is 0 Å². The third-order valence-corrected chi connectivity index (χ3v) is 3.94. The van der Waals surface area contributed by atoms with E-state index in [1.54, 1.807) is 0 Å². The van der Waals surface area contributed by atoms with E-state index in [4.69, 9.17) is 5.11 Å². The smallest absolute Gasteiger partial charge is 0.0443 e. The van der Waals surface area contributed by atoms with Gasteiger partial charge in [-0.15, -0.1) is 0 Å². The van der Waals surface area contributed by atoms with Gasteiger partial charge in [0, 0.05) is 62.2 Å². The summed E-state index contributed by atoms with van der Waals surface area (Å²) in [6.07, 6.45) is 0.938. The maximum atomic E-state index is 8.74. The number of aliphatic hydroxyl groups excluding tert-OH is 1. The maximum absolute atomic E-state index is 8.74. The summed E-state index contributed by atoms with van der Waals surface area (Å²) in [5, 5.41) is 8.74. The summed E-state index contributed by atoms with van der Waals surface area (Å²) in [5.74, 6) is 1.80. The Bertz CT molecular complexity index is 165. The van der Waals surface area contributed by atoms with Crippen LogP contribution in [0, 0.1) is 11.8 Å². The van der Waals surface area contributed by atoms with Gasteiger partial charge in [0.25, 0.3) is 0 Å². The van der Waals surface area contributed by atoms with Crippen molar-refractivity contribution in [3.8, 4) is 0 Å². The molecular formula is C9H17IN2O. The Hall–Kier alpha value is 0.610. The van der Waals surface area contributed by atoms with Crippen molar-refractivity contribution in [2.24, 2.45) is 11.8 Å². The molecule has 0 saturated carbocycles. The van der Waals surface area contributed by atoms with Gasteiger partial charge >= 0.3 is 0 Å². The van der Waals surface area contributed by atoms with Crippen LogP contribution in [0.2, 0.25) is 0 Å². The van der Waals surface area contributed by atoms with Gasteiger partial charge < -0.3 is 10.0 Å². The van der Waals surface area contributed by atoms with Crippen LogP contribution in [0.15, 0.2) is 0 Å². The van der Waals surface area contributed by atoms with Crippen molar-refractivity contribution < 1.29 is 5.11 Å². The molecule has 2 aliphatic heterocycles. The minimum atomic E-state index is 0.338. The third-order valence-electron chi connectivity index (χ3n) is 3.15. The van der Waals surface area contributed by atoms with Crippen LogP contribution in [0.1, 0.15) is 6.42 Å². The zero-order valence-corrected chi connectivity index (χ0v) is 9.98. The second-order valence-electron chi connectivity index (χ2n) is 4.18. The monoisotopic (exact) mass is 296 g/mol. The van der Waals surface area contributed by atoms with Crippen LogP contribution in [-0.2, 0) is 0 Å². The fourth-order valence-corrected chi connectivity index (χ4v) is 3.52. The van der Waals surface area contributed by atoms with Gasteiger partial charge in [-0.2, -0.15) is 0 Å². The molecule has 0 spiro atoms. The molecule has 0 amide bonds. The lowest BCUT2D eigenvalue weighted by molar-refractivity contribution is 0.238. The lowest BCUT2D eigenvalue weighted by Gasteiger charge is -2.17. The highest BCUT2D eigenvalue weighted by atomic mass is 127. The van der Waals surface area contributed by atoms with Crippen molar-refractivity contribution in [3.05, 3.63) is 0 Å². The number of halogens is 1. The van der Waals surface area contributed by atoms with Crippen molar-refractivity contribution in [1.82, 2.24) is 8.01 Å². The quantitative estimate of drug-likeness (QED) is 0.610. The summed E-state index contributed by atoms with van der Waals surface area (Å²) < 4.78 is 2.41. The van der Waals surface area contributed by atoms with Crippen LogP contribution in [0.3, 0.4) is 0 Å². The van der Waals surface area contributed by atoms with E-state index in [1.165, 1.54) is 26.2 Å². The number of hydrogen-bond donors (Lipinski definition) is 1. The van der Waals surface area contributed by atoms with Gasteiger partial charge in [-0.3, -0.25) is 0 Å². The molecule has 2 atom stereocenters. The maximum Gasteiger partial charge on any atom is 0.0443 e. The lowest BCUT2D eigenvalue weighted by Crippen LogP contribution is -2.26. The van der Waals surface area contributed by atoms with Crippen LogP contribution >= 0.6 is 22.9 Å². The Morgan fingerprint density at radius 1 is 1.15 bits per heavy atom. The Morgan fingerprint density at radius 3 is 2.31 bits per heavy atom. The van der Waals surface area contributed by atoms with E-state index in [-0.39, 0.29) is 0 Å². The molecule has 3 nitrogen and oxygen atoms in total. The highest BCUT2D eigenvalue weighted by Crippen LogP contribution is 2.32. The van der Waals surface area contributed by atoms with E-state index < -0.39 is 0 Å². The van der Waals surface area contributed by atoms with Crippen molar-refractivity contribution in [2.75, 3.05) is 39.3 Å². The first-order valence-corrected chi connectivity index (χ1v) is 6.00. The largest absolute Gasteiger partial charge is 0.396 e. The minimum absolute atomic E-state index is 0.338. The van der Waals surface area contributed by atoms with Crippen molar-refractivity contribution in [3.63, 3.8) is 0 Å². The predicted octanol–water partition coefficient (Wildman–Crippen LogP) is 0.582. The molecule has 0 radical (unpaired) electrons. The highest BCUT2D eigenvalue weighted by Gasteiger charge is 2.38. The molecule has 0 aromatic heterocycles. The number of rotatable bonds is 3. The van der Waals surface area contributed by atoms with E-state index in [0.717, 1.165) is 24.8 Å². The normalized spacial score (nSPS) is 35.5. The Balaban J connectivity index is 1.77. The molecular weight excluding hydrogens is 279 g/mol. The number of nitrogens with zero attached hydrogens (tertiary/aromatic N) is 2. The number of fused-ring (bicyclic) bond motifs is 1. The SMILES string of the molecule is OCCCN1C[C@H]2CN(I)C[C@H]2C1. The van der Waals surface area contributed by atoms with Crippen LogP contribution in [0.25, 0.3) is 0 Å². The van der Waals surface area contributed by atoms with E-state index >= 15 is 0 Å². The molecule has 0 aliphatic carbocycles. The zero-order valence-electron chi connectivity index (χ0n) is 7.82. The molecule has 2 saturated heterocycles. The molecule has 2 heterocycles. The van der Waals surface area contributed by atoms with Gasteiger partial charge in [0.05, 0.1) is 0 Å². The fraction of sp³-hybridized carbons (Fsp3) is 1.00. The zero-order chi connectivity index (χ0) is 9.26. The summed E-state index contributed by atoms with van der Waals surface area (Å²) in [6.45, 7) is 6.46. The molecule has 1 N–H and O–H groups in total. The molecule has 13 heavy (non-hydrogen) atoms. The van der Waals surface area contributed by atoms with Gasteiger partial charge in [-0.25, -0.2) is 3.11 Å². The molecule has 4 heteroatoms. The fourth-order valence-electron chi connectivity index (χ4n) is 2.51. The lowest BCUT2D eigenvalue weighted by atomic mass is 10.0. The summed E-state index contributed by atoms with van der Waals surface area (Å²) in [6, 6.07) is 0. The first-order valence-electron chi connectivity index (χ1n) is 5.03. The number of likely N-dealkylation sites (tertiary alicyclic amines) is 1. The van der Waals surface area contributed by atoms with Crippen LogP contribution in [0.5, 0.6) is 0 Å². The highest BCUT2D eigenvalue weighted by molar-refractivity contribution is 14.1. The first kappa shape index (κ1) is 10.1. The second-order valence-corrected chi connectivity index (χ2v) is 5.55. The number of aliphatic hydroxyl groups is 1. The summed E-state index contributed by atoms with van der Waals surface area (Å²) in [7, 11) is 0. The predicted molar refractivity (Wildman–Crippen MR) is 60.7 cm³/mol. The molecule has 76 valence electrons. The van der Waals surface area contributed by atoms with E-state index in [2.05, 4.69) is 30.9 Å². The molecule has 2 fully saturated rings. The molecule has 0 unspecified atom stereocenters. The van der Waals surface area contributed by atoms with Crippen molar-refractivity contribution in [2.45, 2.75) is 6.42 Å². The summed E-state index contributed by atoms with van der Waals surface area (Å²) >= 11 is 2.43. The minimum Gasteiger partial charge on any atom is -0.396 e. The summed E-state index contributed by atoms with van der Waals surface area (Å²) in [4.78, 5) is 2.51. The average Bonchev–Trinajstić information content (AvgIpc) is 2.57. The van der Waals surface area contributed by atoms with Crippen LogP contribution in [0.4, 0.5) is 0 Å². The van der Waals surface area contributed by atoms with Crippen LogP contribution < -0.4 is 0 Å². The van der Waals surface area contributed by atoms with Gasteiger partial charge in [0.2, 0.25) is 0 Å². The van der Waals surface area contributed by atoms with E-state index in [9.17, 15) is 0 Å². The third kappa shape index (κ3) is 2.34. The summed E-state index contributed by atoms with van der Waals surface area (Å²) in [5.41, 5.74) is 0.